The highest BCUT2D eigenvalue weighted by molar-refractivity contribution is 5.70. The first kappa shape index (κ1) is 13.7. The van der Waals surface area contributed by atoms with Crippen LogP contribution in [-0.4, -0.2) is 22.8 Å². The van der Waals surface area contributed by atoms with Crippen molar-refractivity contribution in [3.05, 3.63) is 24.3 Å². The molecule has 1 aromatic rings. The second-order valence-electron chi connectivity index (χ2n) is 5.12. The van der Waals surface area contributed by atoms with Gasteiger partial charge in [-0.2, -0.15) is 0 Å². The average molecular weight is 264 g/mol. The minimum atomic E-state index is -0.803. The second-order valence-corrected chi connectivity index (χ2v) is 5.12. The first-order valence-electron chi connectivity index (χ1n) is 6.82. The van der Waals surface area contributed by atoms with Gasteiger partial charge in [0.25, 0.3) is 0 Å². The van der Waals surface area contributed by atoms with E-state index >= 15 is 0 Å². The van der Waals surface area contributed by atoms with Crippen LogP contribution in [0.1, 0.15) is 32.1 Å². The third kappa shape index (κ3) is 3.63. The molecule has 4 nitrogen and oxygen atoms in total. The molecule has 2 N–H and O–H groups in total. The number of aromatic hydroxyl groups is 1. The number of aliphatic carboxylic acids is 1. The van der Waals surface area contributed by atoms with Crippen LogP contribution in [0.25, 0.3) is 0 Å². The fourth-order valence-electron chi connectivity index (χ4n) is 2.70. The summed E-state index contributed by atoms with van der Waals surface area (Å²) in [5, 5.41) is 18.9. The number of carboxylic acids is 1. The molecule has 0 saturated heterocycles. The largest absolute Gasteiger partial charge is 0.504 e. The van der Waals surface area contributed by atoms with Crippen LogP contribution in [0.2, 0.25) is 0 Å². The topological polar surface area (TPSA) is 66.8 Å². The first-order valence-corrected chi connectivity index (χ1v) is 6.82. The lowest BCUT2D eigenvalue weighted by atomic mass is 9.80. The van der Waals surface area contributed by atoms with E-state index in [9.17, 15) is 15.0 Å². The van der Waals surface area contributed by atoms with Gasteiger partial charge in [0.2, 0.25) is 0 Å². The molecule has 1 aliphatic carbocycles. The van der Waals surface area contributed by atoms with Crippen molar-refractivity contribution in [2.45, 2.75) is 32.1 Å². The monoisotopic (exact) mass is 264 g/mol. The van der Waals surface area contributed by atoms with E-state index in [0.29, 0.717) is 5.75 Å². The molecule has 4 heteroatoms. The highest BCUT2D eigenvalue weighted by Gasteiger charge is 2.30. The molecule has 104 valence electrons. The van der Waals surface area contributed by atoms with E-state index in [1.54, 1.807) is 18.2 Å². The van der Waals surface area contributed by atoms with E-state index in [1.807, 2.05) is 0 Å². The Balaban J connectivity index is 1.97. The molecule has 0 aliphatic heterocycles. The zero-order valence-corrected chi connectivity index (χ0v) is 10.9. The fraction of sp³-hybridized carbons (Fsp3) is 0.533. The van der Waals surface area contributed by atoms with Crippen molar-refractivity contribution in [3.63, 3.8) is 0 Å². The number of benzene rings is 1. The molecule has 1 fully saturated rings. The Kier molecular flexibility index (Phi) is 4.66. The lowest BCUT2D eigenvalue weighted by Crippen LogP contribution is -2.30. The summed E-state index contributed by atoms with van der Waals surface area (Å²) in [6.45, 7) is 0.123. The molecule has 1 unspecified atom stereocenters. The number of para-hydroxylation sites is 2. The summed E-state index contributed by atoms with van der Waals surface area (Å²) in [5.41, 5.74) is 0. The smallest absolute Gasteiger partial charge is 0.310 e. The number of rotatable bonds is 5. The lowest BCUT2D eigenvalue weighted by molar-refractivity contribution is -0.145. The van der Waals surface area contributed by atoms with E-state index in [1.165, 1.54) is 12.5 Å². The van der Waals surface area contributed by atoms with Gasteiger partial charge < -0.3 is 14.9 Å². The highest BCUT2D eigenvalue weighted by Crippen LogP contribution is 2.32. The summed E-state index contributed by atoms with van der Waals surface area (Å²) >= 11 is 0. The van der Waals surface area contributed by atoms with E-state index in [2.05, 4.69) is 0 Å². The van der Waals surface area contributed by atoms with E-state index < -0.39 is 11.9 Å². The second kappa shape index (κ2) is 6.45. The van der Waals surface area contributed by atoms with Gasteiger partial charge in [-0.3, -0.25) is 4.79 Å². The van der Waals surface area contributed by atoms with Gasteiger partial charge >= 0.3 is 5.97 Å². The number of carbonyl (C=O) groups is 1. The molecule has 0 spiro atoms. The van der Waals surface area contributed by atoms with Crippen molar-refractivity contribution in [1.29, 1.82) is 0 Å². The van der Waals surface area contributed by atoms with Gasteiger partial charge in [0.05, 0.1) is 5.92 Å². The zero-order valence-electron chi connectivity index (χ0n) is 10.9. The third-order valence-corrected chi connectivity index (χ3v) is 3.82. The van der Waals surface area contributed by atoms with E-state index in [-0.39, 0.29) is 18.3 Å². The number of hydrogen-bond acceptors (Lipinski definition) is 3. The summed E-state index contributed by atoms with van der Waals surface area (Å²) < 4.78 is 5.48. The molecule has 0 radical (unpaired) electrons. The van der Waals surface area contributed by atoms with Crippen LogP contribution < -0.4 is 4.74 Å². The number of phenolic OH excluding ortho intramolecular Hbond substituents is 1. The summed E-state index contributed by atoms with van der Waals surface area (Å²) in [6.07, 6.45) is 5.32. The van der Waals surface area contributed by atoms with Crippen molar-refractivity contribution < 1.29 is 19.7 Å². The molecule has 19 heavy (non-hydrogen) atoms. The number of phenols is 1. The zero-order chi connectivity index (χ0) is 13.7. The minimum Gasteiger partial charge on any atom is -0.504 e. The number of hydrogen-bond donors (Lipinski definition) is 2. The minimum absolute atomic E-state index is 0.0512. The SMILES string of the molecule is O=C(O)C(COc1ccccc1O)C1CCCCC1. The summed E-state index contributed by atoms with van der Waals surface area (Å²) in [6, 6.07) is 6.64. The predicted molar refractivity (Wildman–Crippen MR) is 71.3 cm³/mol. The van der Waals surface area contributed by atoms with Crippen LogP contribution in [0.4, 0.5) is 0 Å². The van der Waals surface area contributed by atoms with Gasteiger partial charge in [0.1, 0.15) is 6.61 Å². The van der Waals surface area contributed by atoms with Gasteiger partial charge in [0, 0.05) is 0 Å². The Morgan fingerprint density at radius 3 is 2.58 bits per heavy atom. The van der Waals surface area contributed by atoms with Gasteiger partial charge in [-0.15, -0.1) is 0 Å². The average Bonchev–Trinajstić information content (AvgIpc) is 2.42. The summed E-state index contributed by atoms with van der Waals surface area (Å²) in [5.74, 6) is -0.695. The Bertz CT molecular complexity index is 424. The summed E-state index contributed by atoms with van der Waals surface area (Å²) in [7, 11) is 0. The first-order chi connectivity index (χ1) is 9.18. The molecule has 0 amide bonds. The molecule has 0 heterocycles. The normalized spacial score (nSPS) is 17.9. The maximum atomic E-state index is 11.4. The Labute approximate surface area is 113 Å². The lowest BCUT2D eigenvalue weighted by Gasteiger charge is -2.27. The molecule has 0 bridgehead atoms. The van der Waals surface area contributed by atoms with E-state index in [0.717, 1.165) is 25.7 Å². The number of ether oxygens (including phenoxy) is 1. The summed E-state index contributed by atoms with van der Waals surface area (Å²) in [4.78, 5) is 11.4. The van der Waals surface area contributed by atoms with E-state index in [4.69, 9.17) is 4.74 Å². The number of carboxylic acid groups (broad SMARTS) is 1. The molecule has 1 saturated carbocycles. The van der Waals surface area contributed by atoms with Gasteiger partial charge in [-0.25, -0.2) is 0 Å². The Hall–Kier alpha value is -1.71. The van der Waals surface area contributed by atoms with Crippen LogP contribution in [0.3, 0.4) is 0 Å². The standard InChI is InChI=1S/C15H20O4/c16-13-8-4-5-9-14(13)19-10-12(15(17)18)11-6-2-1-3-7-11/h4-5,8-9,11-12,16H,1-3,6-7,10H2,(H,17,18). The molecule has 1 atom stereocenters. The van der Waals surface area contributed by atoms with Crippen LogP contribution >= 0.6 is 0 Å². The van der Waals surface area contributed by atoms with Crippen LogP contribution in [0.15, 0.2) is 24.3 Å². The predicted octanol–water partition coefficient (Wildman–Crippen LogP) is 3.05. The van der Waals surface area contributed by atoms with Crippen molar-refractivity contribution in [3.8, 4) is 11.5 Å². The highest BCUT2D eigenvalue weighted by atomic mass is 16.5. The maximum Gasteiger partial charge on any atom is 0.310 e. The van der Waals surface area contributed by atoms with Gasteiger partial charge in [-0.05, 0) is 30.9 Å². The van der Waals surface area contributed by atoms with Crippen LogP contribution in [0, 0.1) is 11.8 Å². The Morgan fingerprint density at radius 2 is 1.95 bits per heavy atom. The fourth-order valence-corrected chi connectivity index (χ4v) is 2.70. The van der Waals surface area contributed by atoms with Gasteiger partial charge in [-0.1, -0.05) is 31.4 Å². The molecular weight excluding hydrogens is 244 g/mol. The maximum absolute atomic E-state index is 11.4. The van der Waals surface area contributed by atoms with Crippen molar-refractivity contribution in [1.82, 2.24) is 0 Å². The molecule has 0 aromatic heterocycles. The molecule has 1 aliphatic rings. The van der Waals surface area contributed by atoms with Crippen molar-refractivity contribution in [2.75, 3.05) is 6.61 Å². The van der Waals surface area contributed by atoms with Gasteiger partial charge in [0.15, 0.2) is 11.5 Å². The molecule has 2 rings (SSSR count). The third-order valence-electron chi connectivity index (χ3n) is 3.82. The van der Waals surface area contributed by atoms with Crippen molar-refractivity contribution >= 4 is 5.97 Å². The van der Waals surface area contributed by atoms with Crippen molar-refractivity contribution in [2.24, 2.45) is 11.8 Å². The van der Waals surface area contributed by atoms with Crippen LogP contribution in [-0.2, 0) is 4.79 Å². The van der Waals surface area contributed by atoms with Crippen LogP contribution in [0.5, 0.6) is 11.5 Å². The quantitative estimate of drug-likeness (QED) is 0.857. The molecular formula is C15H20O4. The molecule has 1 aromatic carbocycles. The Morgan fingerprint density at radius 1 is 1.26 bits per heavy atom.